The smallest absolute Gasteiger partial charge is 0.104 e. The molecule has 0 N–H and O–H groups in total. The highest BCUT2D eigenvalue weighted by atomic mass is 127. The first-order valence-electron chi connectivity index (χ1n) is 7.94. The van der Waals surface area contributed by atoms with Crippen molar-refractivity contribution in [2.45, 2.75) is 53.0 Å². The summed E-state index contributed by atoms with van der Waals surface area (Å²) in [7, 11) is 4.68. The average Bonchev–Trinajstić information content (AvgIpc) is 2.34. The maximum absolute atomic E-state index is 3.54. The van der Waals surface area contributed by atoms with Crippen LogP contribution in [-0.2, 0) is 0 Å². The van der Waals surface area contributed by atoms with Crippen LogP contribution in [0.1, 0.15) is 47.0 Å². The fourth-order valence-corrected chi connectivity index (χ4v) is 3.41. The molecule has 0 heterocycles. The minimum atomic E-state index is 0. The van der Waals surface area contributed by atoms with Crippen molar-refractivity contribution in [2.24, 2.45) is 11.3 Å². The van der Waals surface area contributed by atoms with Gasteiger partial charge in [0.2, 0.25) is 0 Å². The molecule has 0 aromatic carbocycles. The lowest BCUT2D eigenvalue weighted by molar-refractivity contribution is -0.906. The maximum atomic E-state index is 3.54. The van der Waals surface area contributed by atoms with Gasteiger partial charge in [0.25, 0.3) is 0 Å². The summed E-state index contributed by atoms with van der Waals surface area (Å²) in [6.07, 6.45) is 11.1. The van der Waals surface area contributed by atoms with Crippen LogP contribution in [-0.4, -0.2) is 36.5 Å². The molecule has 1 nitrogen and oxygen atoms in total. The number of likely N-dealkylation sites (N-methyl/N-ethyl adjacent to an activating group) is 1. The van der Waals surface area contributed by atoms with Crippen molar-refractivity contribution in [1.82, 2.24) is 0 Å². The van der Waals surface area contributed by atoms with E-state index in [4.69, 9.17) is 0 Å². The van der Waals surface area contributed by atoms with Crippen LogP contribution in [0.5, 0.6) is 0 Å². The van der Waals surface area contributed by atoms with Gasteiger partial charge >= 0.3 is 0 Å². The topological polar surface area (TPSA) is 0 Å². The molecule has 0 fully saturated rings. The van der Waals surface area contributed by atoms with E-state index in [0.29, 0.717) is 17.4 Å². The predicted octanol–water partition coefficient (Wildman–Crippen LogP) is 2.18. The Bertz CT molecular complexity index is 371. The molecular weight excluding hydrogens is 437 g/mol. The van der Waals surface area contributed by atoms with E-state index >= 15 is 0 Å². The van der Waals surface area contributed by atoms with Crippen LogP contribution < -0.4 is 24.0 Å². The Morgan fingerprint density at radius 3 is 2.57 bits per heavy atom. The largest absolute Gasteiger partial charge is 1.00 e. The average molecular weight is 470 g/mol. The third kappa shape index (κ3) is 6.34. The molecule has 0 saturated heterocycles. The lowest BCUT2D eigenvalue weighted by Gasteiger charge is -2.38. The number of quaternary nitrogens is 1. The van der Waals surface area contributed by atoms with Gasteiger partial charge in [-0.25, -0.2) is 0 Å². The Hall–Kier alpha value is 0.650. The standard InChI is InChI=1S/C18H33BrN.HI/c1-15-9-7-12-18(3,4)17(15)11-10-16(2)20(5,6)14-8-13-19;/h9-11,16-17H,7-8,12-14H2,1-6H3;1H/q+1;/p-1/b11-10+;. The van der Waals surface area contributed by atoms with Crippen molar-refractivity contribution < 1.29 is 28.5 Å². The Morgan fingerprint density at radius 1 is 1.43 bits per heavy atom. The molecule has 0 saturated carbocycles. The second kappa shape index (κ2) is 9.07. The Labute approximate surface area is 158 Å². The van der Waals surface area contributed by atoms with E-state index in [9.17, 15) is 0 Å². The summed E-state index contributed by atoms with van der Waals surface area (Å²) in [4.78, 5) is 0. The number of hydrogen-bond acceptors (Lipinski definition) is 0. The summed E-state index contributed by atoms with van der Waals surface area (Å²) in [5.74, 6) is 0.606. The van der Waals surface area contributed by atoms with Gasteiger partial charge in [0.1, 0.15) is 6.04 Å². The fourth-order valence-electron chi connectivity index (χ4n) is 3.16. The van der Waals surface area contributed by atoms with Crippen LogP contribution in [0.2, 0.25) is 0 Å². The van der Waals surface area contributed by atoms with Gasteiger partial charge in [-0.3, -0.25) is 0 Å². The van der Waals surface area contributed by atoms with Gasteiger partial charge in [-0.2, -0.15) is 0 Å². The molecule has 0 bridgehead atoms. The van der Waals surface area contributed by atoms with Crippen LogP contribution >= 0.6 is 15.9 Å². The van der Waals surface area contributed by atoms with Gasteiger partial charge in [0.05, 0.1) is 20.6 Å². The predicted molar refractivity (Wildman–Crippen MR) is 94.3 cm³/mol. The van der Waals surface area contributed by atoms with Crippen LogP contribution in [0.3, 0.4) is 0 Å². The summed E-state index contributed by atoms with van der Waals surface area (Å²) >= 11 is 3.54. The second-order valence-electron chi connectivity index (χ2n) is 7.62. The second-order valence-corrected chi connectivity index (χ2v) is 8.42. The minimum absolute atomic E-state index is 0. The van der Waals surface area contributed by atoms with Crippen molar-refractivity contribution in [1.29, 1.82) is 0 Å². The maximum Gasteiger partial charge on any atom is 0.104 e. The number of alkyl halides is 1. The molecular formula is C18H33BrIN. The number of hydrogen-bond donors (Lipinski definition) is 0. The molecule has 3 heteroatoms. The highest BCUT2D eigenvalue weighted by Gasteiger charge is 2.31. The van der Waals surface area contributed by atoms with Crippen LogP contribution in [0, 0.1) is 11.3 Å². The molecule has 0 aliphatic heterocycles. The van der Waals surface area contributed by atoms with Crippen molar-refractivity contribution >= 4 is 15.9 Å². The summed E-state index contributed by atoms with van der Waals surface area (Å²) < 4.78 is 1.07. The van der Waals surface area contributed by atoms with E-state index in [-0.39, 0.29) is 24.0 Å². The zero-order valence-electron chi connectivity index (χ0n) is 14.6. The van der Waals surface area contributed by atoms with Crippen molar-refractivity contribution in [3.05, 3.63) is 23.8 Å². The Morgan fingerprint density at radius 2 is 2.05 bits per heavy atom. The first kappa shape index (κ1) is 21.6. The number of allylic oxidation sites excluding steroid dienone is 3. The molecule has 0 amide bonds. The lowest BCUT2D eigenvalue weighted by atomic mass is 9.68. The van der Waals surface area contributed by atoms with Crippen molar-refractivity contribution in [3.63, 3.8) is 0 Å². The van der Waals surface area contributed by atoms with Gasteiger partial charge in [-0.15, -0.1) is 0 Å². The van der Waals surface area contributed by atoms with E-state index in [2.05, 4.69) is 75.9 Å². The van der Waals surface area contributed by atoms with E-state index < -0.39 is 0 Å². The molecule has 0 radical (unpaired) electrons. The number of rotatable bonds is 6. The third-order valence-electron chi connectivity index (χ3n) is 5.14. The van der Waals surface area contributed by atoms with Crippen molar-refractivity contribution in [3.8, 4) is 0 Å². The fraction of sp³-hybridized carbons (Fsp3) is 0.778. The molecule has 1 aliphatic rings. The van der Waals surface area contributed by atoms with Crippen LogP contribution in [0.15, 0.2) is 23.8 Å². The molecule has 0 spiro atoms. The van der Waals surface area contributed by atoms with Crippen molar-refractivity contribution in [2.75, 3.05) is 26.0 Å². The van der Waals surface area contributed by atoms with Crippen LogP contribution in [0.4, 0.5) is 0 Å². The minimum Gasteiger partial charge on any atom is -1.00 e. The zero-order valence-corrected chi connectivity index (χ0v) is 18.4. The highest BCUT2D eigenvalue weighted by Crippen LogP contribution is 2.41. The quantitative estimate of drug-likeness (QED) is 0.242. The molecule has 21 heavy (non-hydrogen) atoms. The first-order chi connectivity index (χ1) is 9.20. The summed E-state index contributed by atoms with van der Waals surface area (Å²) in [5, 5.41) is 1.10. The number of nitrogens with zero attached hydrogens (tertiary/aromatic N) is 1. The monoisotopic (exact) mass is 469 g/mol. The molecule has 124 valence electrons. The Balaban J connectivity index is 0.00000400. The van der Waals surface area contributed by atoms with Gasteiger partial charge in [-0.05, 0) is 38.2 Å². The number of halogens is 2. The normalized spacial score (nSPS) is 23.6. The van der Waals surface area contributed by atoms with Crippen LogP contribution in [0.25, 0.3) is 0 Å². The lowest BCUT2D eigenvalue weighted by Crippen LogP contribution is -3.00. The van der Waals surface area contributed by atoms with Gasteiger partial charge in [0, 0.05) is 17.7 Å². The molecule has 2 atom stereocenters. The first-order valence-corrected chi connectivity index (χ1v) is 9.06. The van der Waals surface area contributed by atoms with E-state index in [1.54, 1.807) is 5.57 Å². The molecule has 1 aliphatic carbocycles. The SMILES string of the molecule is CC1=CCCC(C)(C)C1/C=C/C(C)[N+](C)(C)CCCBr.[I-]. The summed E-state index contributed by atoms with van der Waals surface area (Å²) in [6, 6.07) is 0.569. The van der Waals surface area contributed by atoms with E-state index in [0.717, 1.165) is 9.81 Å². The zero-order chi connectivity index (χ0) is 15.4. The molecule has 0 aromatic rings. The van der Waals surface area contributed by atoms with E-state index in [1.165, 1.54) is 25.8 Å². The van der Waals surface area contributed by atoms with Gasteiger partial charge in [0.15, 0.2) is 0 Å². The summed E-state index contributed by atoms with van der Waals surface area (Å²) in [6.45, 7) is 10.7. The molecule has 2 unspecified atom stereocenters. The molecule has 0 aromatic heterocycles. The molecule has 1 rings (SSSR count). The summed E-state index contributed by atoms with van der Waals surface area (Å²) in [5.41, 5.74) is 1.96. The highest BCUT2D eigenvalue weighted by molar-refractivity contribution is 9.09. The van der Waals surface area contributed by atoms with Gasteiger partial charge in [-0.1, -0.05) is 47.5 Å². The Kier molecular flexibility index (Phi) is 9.35. The van der Waals surface area contributed by atoms with E-state index in [1.807, 2.05) is 0 Å². The third-order valence-corrected chi connectivity index (χ3v) is 5.70. The van der Waals surface area contributed by atoms with Gasteiger partial charge < -0.3 is 28.5 Å².